The van der Waals surface area contributed by atoms with Crippen molar-refractivity contribution >= 4 is 28.3 Å². The third-order valence-electron chi connectivity index (χ3n) is 2.25. The molecule has 1 aromatic carbocycles. The topological polar surface area (TPSA) is 12.0 Å². The van der Waals surface area contributed by atoms with E-state index in [1.165, 1.54) is 12.1 Å². The van der Waals surface area contributed by atoms with Crippen molar-refractivity contribution in [1.82, 2.24) is 5.32 Å². The Hall–Kier alpha value is -0.190. The second-order valence-corrected chi connectivity index (χ2v) is 3.91. The Morgan fingerprint density at radius 1 is 1.36 bits per heavy atom. The predicted octanol–water partition coefficient (Wildman–Crippen LogP) is 3.18. The largest absolute Gasteiger partial charge is 0.310 e. The van der Waals surface area contributed by atoms with Crippen LogP contribution < -0.4 is 5.32 Å². The maximum atomic E-state index is 13.4. The fraction of sp³-hybridized carbons (Fsp3) is 0.333. The predicted molar refractivity (Wildman–Crippen MR) is 56.7 cm³/mol. The fourth-order valence-electron chi connectivity index (χ4n) is 1.40. The molecule has 1 nitrogen and oxygen atoms in total. The van der Waals surface area contributed by atoms with Crippen LogP contribution >= 0.6 is 28.3 Å². The van der Waals surface area contributed by atoms with E-state index in [0.29, 0.717) is 4.47 Å². The zero-order valence-corrected chi connectivity index (χ0v) is 9.59. The zero-order chi connectivity index (χ0) is 9.42. The van der Waals surface area contributed by atoms with Gasteiger partial charge in [-0.15, -0.1) is 12.4 Å². The molecule has 0 saturated carbocycles. The molecule has 1 fully saturated rings. The van der Waals surface area contributed by atoms with E-state index in [2.05, 4.69) is 21.2 Å². The molecule has 1 aliphatic rings. The fourth-order valence-corrected chi connectivity index (χ4v) is 1.74. The van der Waals surface area contributed by atoms with Crippen LogP contribution in [0.4, 0.5) is 8.78 Å². The van der Waals surface area contributed by atoms with Crippen molar-refractivity contribution in [2.45, 2.75) is 12.5 Å². The van der Waals surface area contributed by atoms with Gasteiger partial charge in [0.2, 0.25) is 0 Å². The summed E-state index contributed by atoms with van der Waals surface area (Å²) < 4.78 is 26.9. The van der Waals surface area contributed by atoms with E-state index in [1.54, 1.807) is 0 Å². The quantitative estimate of drug-likeness (QED) is 0.781. The van der Waals surface area contributed by atoms with Crippen LogP contribution in [-0.4, -0.2) is 6.54 Å². The first-order valence-electron chi connectivity index (χ1n) is 4.07. The first-order valence-corrected chi connectivity index (χ1v) is 4.86. The van der Waals surface area contributed by atoms with Crippen molar-refractivity contribution in [3.05, 3.63) is 33.8 Å². The van der Waals surface area contributed by atoms with Crippen molar-refractivity contribution in [2.75, 3.05) is 6.54 Å². The Labute approximate surface area is 95.4 Å². The van der Waals surface area contributed by atoms with Crippen molar-refractivity contribution in [3.63, 3.8) is 0 Å². The van der Waals surface area contributed by atoms with Crippen molar-refractivity contribution < 1.29 is 8.78 Å². The summed E-state index contributed by atoms with van der Waals surface area (Å²) in [4.78, 5) is 0. The molecule has 14 heavy (non-hydrogen) atoms. The van der Waals surface area contributed by atoms with Gasteiger partial charge in [0.15, 0.2) is 0 Å². The summed E-state index contributed by atoms with van der Waals surface area (Å²) in [5, 5.41) is 2.97. The highest BCUT2D eigenvalue weighted by molar-refractivity contribution is 9.10. The standard InChI is InChI=1S/C9H8BrF2N.ClH/c10-5-1-2-6(11)8(9(5)12)7-3-4-13-7;/h1-2,7,13H,3-4H2;1H/t7-;/m0./s1. The average Bonchev–Trinajstić information content (AvgIpc) is 2.02. The minimum atomic E-state index is -0.489. The van der Waals surface area contributed by atoms with Crippen LogP contribution in [0.2, 0.25) is 0 Å². The molecule has 0 radical (unpaired) electrons. The van der Waals surface area contributed by atoms with Crippen LogP contribution in [0.5, 0.6) is 0 Å². The third kappa shape index (κ3) is 1.92. The highest BCUT2D eigenvalue weighted by atomic mass is 79.9. The Kier molecular flexibility index (Phi) is 3.86. The molecule has 1 heterocycles. The molecule has 0 aliphatic carbocycles. The van der Waals surface area contributed by atoms with Gasteiger partial charge in [-0.1, -0.05) is 0 Å². The molecule has 2 rings (SSSR count). The van der Waals surface area contributed by atoms with Gasteiger partial charge in [0, 0.05) is 11.6 Å². The van der Waals surface area contributed by atoms with Gasteiger partial charge in [-0.05, 0) is 41.0 Å². The molecule has 78 valence electrons. The lowest BCUT2D eigenvalue weighted by molar-refractivity contribution is 0.355. The minimum Gasteiger partial charge on any atom is -0.310 e. The monoisotopic (exact) mass is 283 g/mol. The number of rotatable bonds is 1. The van der Waals surface area contributed by atoms with Crippen molar-refractivity contribution in [2.24, 2.45) is 0 Å². The lowest BCUT2D eigenvalue weighted by atomic mass is 9.97. The zero-order valence-electron chi connectivity index (χ0n) is 7.19. The molecule has 0 unspecified atom stereocenters. The molecule has 1 N–H and O–H groups in total. The number of hydrogen-bond acceptors (Lipinski definition) is 1. The molecule has 0 bridgehead atoms. The van der Waals surface area contributed by atoms with E-state index in [4.69, 9.17) is 0 Å². The molecule has 0 amide bonds. The SMILES string of the molecule is Cl.Fc1ccc(Br)c(F)c1[C@@H]1CCN1. The highest BCUT2D eigenvalue weighted by Gasteiger charge is 2.26. The minimum absolute atomic E-state index is 0. The molecular weight excluding hydrogens is 275 g/mol. The Morgan fingerprint density at radius 2 is 2.00 bits per heavy atom. The summed E-state index contributed by atoms with van der Waals surface area (Å²) in [6.07, 6.45) is 0.796. The molecule has 0 aromatic heterocycles. The molecule has 1 saturated heterocycles. The summed E-state index contributed by atoms with van der Waals surface area (Å²) in [5.74, 6) is -0.963. The first kappa shape index (κ1) is 11.9. The van der Waals surface area contributed by atoms with Gasteiger partial charge in [-0.3, -0.25) is 0 Å². The van der Waals surface area contributed by atoms with E-state index in [-0.39, 0.29) is 24.0 Å². The number of nitrogens with one attached hydrogen (secondary N) is 1. The van der Waals surface area contributed by atoms with Crippen LogP contribution in [0.25, 0.3) is 0 Å². The van der Waals surface area contributed by atoms with Crippen LogP contribution in [0, 0.1) is 11.6 Å². The Morgan fingerprint density at radius 3 is 2.50 bits per heavy atom. The molecule has 1 aliphatic heterocycles. The van der Waals surface area contributed by atoms with E-state index in [9.17, 15) is 8.78 Å². The summed E-state index contributed by atoms with van der Waals surface area (Å²) in [7, 11) is 0. The van der Waals surface area contributed by atoms with Gasteiger partial charge < -0.3 is 5.32 Å². The summed E-state index contributed by atoms with van der Waals surface area (Å²) >= 11 is 3.03. The van der Waals surface area contributed by atoms with Crippen LogP contribution in [0.15, 0.2) is 16.6 Å². The normalized spacial score (nSPS) is 19.8. The summed E-state index contributed by atoms with van der Waals surface area (Å²) in [5.41, 5.74) is 0.153. The van der Waals surface area contributed by atoms with Gasteiger partial charge in [-0.25, -0.2) is 8.78 Å². The van der Waals surface area contributed by atoms with Gasteiger partial charge in [0.25, 0.3) is 0 Å². The van der Waals surface area contributed by atoms with Gasteiger partial charge in [0.05, 0.1) is 4.47 Å². The second kappa shape index (κ2) is 4.55. The average molecular weight is 285 g/mol. The highest BCUT2D eigenvalue weighted by Crippen LogP contribution is 2.31. The van der Waals surface area contributed by atoms with Crippen LogP contribution in [0.1, 0.15) is 18.0 Å². The number of benzene rings is 1. The van der Waals surface area contributed by atoms with E-state index < -0.39 is 11.6 Å². The third-order valence-corrected chi connectivity index (χ3v) is 2.86. The lowest BCUT2D eigenvalue weighted by Gasteiger charge is -2.28. The van der Waals surface area contributed by atoms with Crippen LogP contribution in [0.3, 0.4) is 0 Å². The van der Waals surface area contributed by atoms with Gasteiger partial charge in [-0.2, -0.15) is 0 Å². The second-order valence-electron chi connectivity index (χ2n) is 3.05. The van der Waals surface area contributed by atoms with E-state index in [1.807, 2.05) is 0 Å². The van der Waals surface area contributed by atoms with Crippen molar-refractivity contribution in [1.29, 1.82) is 0 Å². The first-order chi connectivity index (χ1) is 6.20. The lowest BCUT2D eigenvalue weighted by Crippen LogP contribution is -2.36. The summed E-state index contributed by atoms with van der Waals surface area (Å²) in [6.45, 7) is 0.829. The molecule has 1 aromatic rings. The Balaban J connectivity index is 0.000000980. The molecular formula is C9H9BrClF2N. The van der Waals surface area contributed by atoms with Crippen molar-refractivity contribution in [3.8, 4) is 0 Å². The maximum Gasteiger partial charge on any atom is 0.145 e. The van der Waals surface area contributed by atoms with Crippen LogP contribution in [-0.2, 0) is 0 Å². The van der Waals surface area contributed by atoms with E-state index in [0.717, 1.165) is 13.0 Å². The number of hydrogen-bond donors (Lipinski definition) is 1. The molecule has 1 atom stereocenters. The van der Waals surface area contributed by atoms with Gasteiger partial charge in [0.1, 0.15) is 11.6 Å². The van der Waals surface area contributed by atoms with E-state index >= 15 is 0 Å². The molecule has 5 heteroatoms. The maximum absolute atomic E-state index is 13.4. The summed E-state index contributed by atoms with van der Waals surface area (Å²) in [6, 6.07) is 2.51. The number of halogens is 4. The molecule has 0 spiro atoms. The van der Waals surface area contributed by atoms with Gasteiger partial charge >= 0.3 is 0 Å². The smallest absolute Gasteiger partial charge is 0.145 e. The Bertz CT molecular complexity index is 342.